The van der Waals surface area contributed by atoms with Crippen molar-refractivity contribution in [2.24, 2.45) is 5.73 Å². The predicted octanol–water partition coefficient (Wildman–Crippen LogP) is 3.20. The van der Waals surface area contributed by atoms with Crippen LogP contribution in [0.2, 0.25) is 0 Å². The van der Waals surface area contributed by atoms with Crippen molar-refractivity contribution >= 4 is 5.57 Å². The van der Waals surface area contributed by atoms with E-state index in [1.165, 1.54) is 35.1 Å². The fourth-order valence-electron chi connectivity index (χ4n) is 2.28. The minimum Gasteiger partial charge on any atom is -0.324 e. The van der Waals surface area contributed by atoms with Crippen molar-refractivity contribution in [1.29, 1.82) is 0 Å². The molecular formula is C14H19N. The highest BCUT2D eigenvalue weighted by Gasteiger charge is 2.13. The molecule has 1 unspecified atom stereocenters. The molecule has 15 heavy (non-hydrogen) atoms. The highest BCUT2D eigenvalue weighted by Crippen LogP contribution is 2.29. The van der Waals surface area contributed by atoms with E-state index < -0.39 is 0 Å². The zero-order valence-electron chi connectivity index (χ0n) is 9.59. The molecule has 1 aromatic rings. The second kappa shape index (κ2) is 4.19. The first-order valence-corrected chi connectivity index (χ1v) is 5.71. The van der Waals surface area contributed by atoms with Crippen LogP contribution in [0.25, 0.3) is 5.57 Å². The molecule has 0 bridgehead atoms. The molecule has 0 aliphatic heterocycles. The van der Waals surface area contributed by atoms with Crippen LogP contribution in [0.1, 0.15) is 36.0 Å². The number of allylic oxidation sites excluding steroid dienone is 1. The molecule has 1 aromatic carbocycles. The summed E-state index contributed by atoms with van der Waals surface area (Å²) in [5, 5.41) is 0. The van der Waals surface area contributed by atoms with Crippen LogP contribution in [-0.4, -0.2) is 6.04 Å². The fourth-order valence-corrected chi connectivity index (χ4v) is 2.28. The minimum atomic E-state index is 0.258. The molecule has 0 saturated heterocycles. The average molecular weight is 201 g/mol. The average Bonchev–Trinajstić information content (AvgIpc) is 2.22. The largest absolute Gasteiger partial charge is 0.324 e. The van der Waals surface area contributed by atoms with E-state index >= 15 is 0 Å². The van der Waals surface area contributed by atoms with Crippen LogP contribution < -0.4 is 5.73 Å². The quantitative estimate of drug-likeness (QED) is 0.742. The van der Waals surface area contributed by atoms with Crippen LogP contribution >= 0.6 is 0 Å². The number of aryl methyl sites for hydroxylation is 1. The predicted molar refractivity (Wildman–Crippen MR) is 65.7 cm³/mol. The van der Waals surface area contributed by atoms with Crippen molar-refractivity contribution in [2.45, 2.75) is 39.2 Å². The van der Waals surface area contributed by atoms with Gasteiger partial charge in [-0.2, -0.15) is 0 Å². The summed E-state index contributed by atoms with van der Waals surface area (Å²) in [5.74, 6) is 0. The van der Waals surface area contributed by atoms with Gasteiger partial charge < -0.3 is 5.73 Å². The molecule has 1 aliphatic rings. The van der Waals surface area contributed by atoms with Crippen molar-refractivity contribution < 1.29 is 0 Å². The molecule has 0 radical (unpaired) electrons. The summed E-state index contributed by atoms with van der Waals surface area (Å²) in [6.45, 7) is 4.37. The Bertz CT molecular complexity index is 390. The highest BCUT2D eigenvalue weighted by atomic mass is 14.6. The Morgan fingerprint density at radius 3 is 2.80 bits per heavy atom. The summed E-state index contributed by atoms with van der Waals surface area (Å²) in [6.07, 6.45) is 5.78. The molecule has 1 heteroatoms. The lowest BCUT2D eigenvalue weighted by Crippen LogP contribution is -2.20. The Morgan fingerprint density at radius 1 is 1.27 bits per heavy atom. The van der Waals surface area contributed by atoms with E-state index in [0.29, 0.717) is 0 Å². The van der Waals surface area contributed by atoms with Gasteiger partial charge in [-0.15, -0.1) is 0 Å². The third-order valence-corrected chi connectivity index (χ3v) is 3.35. The summed E-state index contributed by atoms with van der Waals surface area (Å²) < 4.78 is 0. The first-order chi connectivity index (χ1) is 7.18. The van der Waals surface area contributed by atoms with E-state index in [4.69, 9.17) is 5.73 Å². The van der Waals surface area contributed by atoms with Crippen LogP contribution in [0, 0.1) is 13.8 Å². The summed E-state index contributed by atoms with van der Waals surface area (Å²) in [4.78, 5) is 0. The molecule has 0 amide bonds. The molecule has 0 fully saturated rings. The number of hydrogen-bond donors (Lipinski definition) is 1. The molecule has 1 atom stereocenters. The third-order valence-electron chi connectivity index (χ3n) is 3.35. The maximum atomic E-state index is 5.97. The van der Waals surface area contributed by atoms with E-state index in [1.54, 1.807) is 0 Å². The number of rotatable bonds is 1. The second-order valence-electron chi connectivity index (χ2n) is 4.50. The highest BCUT2D eigenvalue weighted by molar-refractivity contribution is 5.70. The number of hydrogen-bond acceptors (Lipinski definition) is 1. The minimum absolute atomic E-state index is 0.258. The van der Waals surface area contributed by atoms with E-state index in [9.17, 15) is 0 Å². The monoisotopic (exact) mass is 201 g/mol. The van der Waals surface area contributed by atoms with Crippen molar-refractivity contribution in [1.82, 2.24) is 0 Å². The standard InChI is InChI=1S/C14H19N/c1-10-5-3-8-14(11(10)2)12-6-4-7-13(15)9-12/h3,5,8-9,13H,4,6-7,15H2,1-2H3. The first kappa shape index (κ1) is 10.4. The first-order valence-electron chi connectivity index (χ1n) is 5.71. The van der Waals surface area contributed by atoms with E-state index in [0.717, 1.165) is 6.42 Å². The summed E-state index contributed by atoms with van der Waals surface area (Å²) in [6, 6.07) is 6.78. The van der Waals surface area contributed by atoms with Gasteiger partial charge in [-0.1, -0.05) is 24.3 Å². The lowest BCUT2D eigenvalue weighted by atomic mass is 9.88. The molecule has 0 heterocycles. The van der Waals surface area contributed by atoms with Crippen molar-refractivity contribution in [3.63, 3.8) is 0 Å². The SMILES string of the molecule is Cc1cccc(C2=CC(N)CCC2)c1C. The summed E-state index contributed by atoms with van der Waals surface area (Å²) >= 11 is 0. The topological polar surface area (TPSA) is 26.0 Å². The Kier molecular flexibility index (Phi) is 2.92. The Morgan fingerprint density at radius 2 is 2.07 bits per heavy atom. The summed E-state index contributed by atoms with van der Waals surface area (Å²) in [5.41, 5.74) is 11.6. The van der Waals surface area contributed by atoms with E-state index in [2.05, 4.69) is 38.1 Å². The second-order valence-corrected chi connectivity index (χ2v) is 4.50. The normalized spacial score (nSPS) is 21.3. The third kappa shape index (κ3) is 2.13. The lowest BCUT2D eigenvalue weighted by molar-refractivity contribution is 0.654. The van der Waals surface area contributed by atoms with Crippen molar-refractivity contribution in [2.75, 3.05) is 0 Å². The smallest absolute Gasteiger partial charge is 0.0229 e. The van der Waals surface area contributed by atoms with Crippen LogP contribution in [0.5, 0.6) is 0 Å². The lowest BCUT2D eigenvalue weighted by Gasteiger charge is -2.20. The molecule has 0 aromatic heterocycles. The zero-order valence-corrected chi connectivity index (χ0v) is 9.59. The van der Waals surface area contributed by atoms with Crippen molar-refractivity contribution in [3.05, 3.63) is 41.0 Å². The Hall–Kier alpha value is -1.08. The molecule has 1 nitrogen and oxygen atoms in total. The maximum Gasteiger partial charge on any atom is 0.0229 e. The van der Waals surface area contributed by atoms with Gasteiger partial charge >= 0.3 is 0 Å². The fraction of sp³-hybridized carbons (Fsp3) is 0.429. The zero-order chi connectivity index (χ0) is 10.8. The molecule has 0 saturated carbocycles. The molecule has 80 valence electrons. The van der Waals surface area contributed by atoms with Crippen LogP contribution in [0.15, 0.2) is 24.3 Å². The molecule has 2 N–H and O–H groups in total. The van der Waals surface area contributed by atoms with Gasteiger partial charge in [0.25, 0.3) is 0 Å². The van der Waals surface area contributed by atoms with Gasteiger partial charge in [0.1, 0.15) is 0 Å². The number of nitrogens with two attached hydrogens (primary N) is 1. The van der Waals surface area contributed by atoms with Gasteiger partial charge in [0.05, 0.1) is 0 Å². The maximum absolute atomic E-state index is 5.97. The Labute approximate surface area is 92.0 Å². The van der Waals surface area contributed by atoms with Gasteiger partial charge in [-0.05, 0) is 55.4 Å². The molecule has 1 aliphatic carbocycles. The van der Waals surface area contributed by atoms with Gasteiger partial charge in [0.2, 0.25) is 0 Å². The van der Waals surface area contributed by atoms with E-state index in [-0.39, 0.29) is 6.04 Å². The van der Waals surface area contributed by atoms with Crippen LogP contribution in [-0.2, 0) is 0 Å². The van der Waals surface area contributed by atoms with Gasteiger partial charge in [0, 0.05) is 6.04 Å². The van der Waals surface area contributed by atoms with E-state index in [1.807, 2.05) is 0 Å². The van der Waals surface area contributed by atoms with Crippen LogP contribution in [0.4, 0.5) is 0 Å². The number of benzene rings is 1. The summed E-state index contributed by atoms with van der Waals surface area (Å²) in [7, 11) is 0. The molecule has 0 spiro atoms. The molecule has 2 rings (SSSR count). The molecular weight excluding hydrogens is 182 g/mol. The van der Waals surface area contributed by atoms with Gasteiger partial charge in [0.15, 0.2) is 0 Å². The van der Waals surface area contributed by atoms with Gasteiger partial charge in [-0.3, -0.25) is 0 Å². The van der Waals surface area contributed by atoms with Crippen molar-refractivity contribution in [3.8, 4) is 0 Å². The Balaban J connectivity index is 2.41. The van der Waals surface area contributed by atoms with Gasteiger partial charge in [-0.25, -0.2) is 0 Å². The van der Waals surface area contributed by atoms with Crippen LogP contribution in [0.3, 0.4) is 0 Å².